The van der Waals surface area contributed by atoms with Crippen LogP contribution in [0, 0.1) is 12.8 Å². The minimum absolute atomic E-state index is 0.0261. The summed E-state index contributed by atoms with van der Waals surface area (Å²) >= 11 is 0. The quantitative estimate of drug-likeness (QED) is 0.671. The Morgan fingerprint density at radius 2 is 2.03 bits per heavy atom. The molecule has 0 spiro atoms. The Kier molecular flexibility index (Phi) is 4.73. The van der Waals surface area contributed by atoms with E-state index in [-0.39, 0.29) is 17.4 Å². The molecule has 0 N–H and O–H groups in total. The van der Waals surface area contributed by atoms with E-state index in [0.29, 0.717) is 32.0 Å². The third-order valence-corrected chi connectivity index (χ3v) is 6.36. The monoisotopic (exact) mass is 403 g/mol. The van der Waals surface area contributed by atoms with Crippen LogP contribution in [0.15, 0.2) is 53.7 Å². The van der Waals surface area contributed by atoms with Crippen LogP contribution in [0.4, 0.5) is 0 Å². The second kappa shape index (κ2) is 7.55. The molecule has 3 aromatic heterocycles. The van der Waals surface area contributed by atoms with Crippen LogP contribution < -0.4 is 5.56 Å². The molecule has 7 heteroatoms. The Labute approximate surface area is 175 Å². The van der Waals surface area contributed by atoms with Gasteiger partial charge in [-0.15, -0.1) is 0 Å². The number of aryl methyl sites for hydroxylation is 2. The standard InChI is InChI=1S/C23H25N5O2/c1-16-24-7-9-26(16)8-5-22(29)27-13-17-10-19(15-27)21-11-18(12-23(30)28(21)14-17)20-4-2-3-6-25-20/h2-4,6-7,9,11-12,17,19H,5,8,10,13-15H2,1H3/t17-,19+/m0/s1. The summed E-state index contributed by atoms with van der Waals surface area (Å²) in [4.78, 5) is 36.3. The van der Waals surface area contributed by atoms with Crippen LogP contribution in [0.5, 0.6) is 0 Å². The molecule has 1 saturated heterocycles. The van der Waals surface area contributed by atoms with Gasteiger partial charge >= 0.3 is 0 Å². The number of imidazole rings is 1. The molecule has 0 aliphatic carbocycles. The highest BCUT2D eigenvalue weighted by molar-refractivity contribution is 5.76. The maximum Gasteiger partial charge on any atom is 0.251 e. The van der Waals surface area contributed by atoms with Crippen molar-refractivity contribution in [3.8, 4) is 11.3 Å². The lowest BCUT2D eigenvalue weighted by Gasteiger charge is -2.43. The Bertz CT molecular complexity index is 1130. The minimum atomic E-state index is 0.0261. The number of hydrogen-bond acceptors (Lipinski definition) is 4. The third-order valence-electron chi connectivity index (χ3n) is 6.36. The first-order valence-electron chi connectivity index (χ1n) is 10.5. The molecule has 0 aromatic carbocycles. The average Bonchev–Trinajstić information content (AvgIpc) is 3.18. The molecule has 1 amide bonds. The van der Waals surface area contributed by atoms with Crippen molar-refractivity contribution in [3.63, 3.8) is 0 Å². The number of aromatic nitrogens is 4. The highest BCUT2D eigenvalue weighted by atomic mass is 16.2. The van der Waals surface area contributed by atoms with Gasteiger partial charge in [-0.25, -0.2) is 4.98 Å². The maximum atomic E-state index is 12.9. The van der Waals surface area contributed by atoms with Crippen LogP contribution in [0.2, 0.25) is 0 Å². The molecule has 0 radical (unpaired) electrons. The van der Waals surface area contributed by atoms with Gasteiger partial charge in [0.2, 0.25) is 5.91 Å². The summed E-state index contributed by atoms with van der Waals surface area (Å²) in [6.07, 6.45) is 6.91. The number of carbonyl (C=O) groups is 1. The topological polar surface area (TPSA) is 73.0 Å². The molecule has 5 heterocycles. The fraction of sp³-hybridized carbons (Fsp3) is 0.391. The van der Waals surface area contributed by atoms with E-state index < -0.39 is 0 Å². The van der Waals surface area contributed by atoms with Crippen molar-refractivity contribution < 1.29 is 4.79 Å². The zero-order valence-corrected chi connectivity index (χ0v) is 17.1. The summed E-state index contributed by atoms with van der Waals surface area (Å²) < 4.78 is 3.92. The second-order valence-corrected chi connectivity index (χ2v) is 8.35. The van der Waals surface area contributed by atoms with Gasteiger partial charge in [0.15, 0.2) is 0 Å². The first-order chi connectivity index (χ1) is 14.6. The highest BCUT2D eigenvalue weighted by Gasteiger charge is 2.36. The van der Waals surface area contributed by atoms with Crippen LogP contribution in [-0.4, -0.2) is 43.0 Å². The number of rotatable bonds is 4. The highest BCUT2D eigenvalue weighted by Crippen LogP contribution is 2.36. The molecule has 30 heavy (non-hydrogen) atoms. The number of carbonyl (C=O) groups excluding carboxylic acids is 1. The van der Waals surface area contributed by atoms with Gasteiger partial charge in [0.25, 0.3) is 5.56 Å². The lowest BCUT2D eigenvalue weighted by molar-refractivity contribution is -0.134. The largest absolute Gasteiger partial charge is 0.342 e. The predicted molar refractivity (Wildman–Crippen MR) is 113 cm³/mol. The van der Waals surface area contributed by atoms with Crippen LogP contribution in [0.25, 0.3) is 11.3 Å². The first-order valence-corrected chi connectivity index (χ1v) is 10.5. The van der Waals surface area contributed by atoms with Gasteiger partial charge in [-0.3, -0.25) is 14.6 Å². The molecular formula is C23H25N5O2. The molecule has 2 atom stereocenters. The molecule has 0 unspecified atom stereocenters. The van der Waals surface area contributed by atoms with Crippen molar-refractivity contribution in [2.45, 2.75) is 38.8 Å². The van der Waals surface area contributed by atoms with Crippen LogP contribution >= 0.6 is 0 Å². The molecule has 0 saturated carbocycles. The van der Waals surface area contributed by atoms with E-state index in [4.69, 9.17) is 0 Å². The van der Waals surface area contributed by atoms with Gasteiger partial charge in [-0.05, 0) is 37.5 Å². The van der Waals surface area contributed by atoms with Gasteiger partial charge < -0.3 is 14.0 Å². The minimum Gasteiger partial charge on any atom is -0.342 e. The Balaban J connectivity index is 1.37. The van der Waals surface area contributed by atoms with E-state index in [1.54, 1.807) is 18.5 Å². The van der Waals surface area contributed by atoms with Crippen LogP contribution in [0.3, 0.4) is 0 Å². The first kappa shape index (κ1) is 18.8. The molecule has 7 nitrogen and oxygen atoms in total. The summed E-state index contributed by atoms with van der Waals surface area (Å²) in [7, 11) is 0. The molecule has 3 aromatic rings. The fourth-order valence-electron chi connectivity index (χ4n) is 4.86. The van der Waals surface area contributed by atoms with E-state index in [2.05, 4.69) is 16.0 Å². The lowest BCUT2D eigenvalue weighted by atomic mass is 9.82. The lowest BCUT2D eigenvalue weighted by Crippen LogP contribution is -2.49. The summed E-state index contributed by atoms with van der Waals surface area (Å²) in [6, 6.07) is 9.50. The van der Waals surface area contributed by atoms with Crippen molar-refractivity contribution in [1.82, 2.24) is 24.0 Å². The number of pyridine rings is 2. The van der Waals surface area contributed by atoms with Crippen molar-refractivity contribution in [1.29, 1.82) is 0 Å². The summed E-state index contributed by atoms with van der Waals surface area (Å²) in [5.41, 5.74) is 2.71. The molecule has 2 aliphatic heterocycles. The van der Waals surface area contributed by atoms with Crippen LogP contribution in [-0.2, 0) is 17.9 Å². The molecule has 5 rings (SSSR count). The molecular weight excluding hydrogens is 378 g/mol. The van der Waals surface area contributed by atoms with Gasteiger partial charge in [0.05, 0.1) is 5.69 Å². The molecule has 154 valence electrons. The van der Waals surface area contributed by atoms with Gasteiger partial charge in [-0.1, -0.05) is 6.07 Å². The molecule has 1 fully saturated rings. The SMILES string of the molecule is Cc1nccn1CCC(=O)N1C[C@@H]2C[C@H](C1)c1cc(-c3ccccn3)cc(=O)n1C2. The second-order valence-electron chi connectivity index (χ2n) is 8.35. The number of likely N-dealkylation sites (tertiary alicyclic amines) is 1. The van der Waals surface area contributed by atoms with E-state index in [1.807, 2.05) is 45.4 Å². The van der Waals surface area contributed by atoms with E-state index >= 15 is 0 Å². The molecule has 2 bridgehead atoms. The van der Waals surface area contributed by atoms with Crippen molar-refractivity contribution >= 4 is 5.91 Å². The van der Waals surface area contributed by atoms with E-state index in [9.17, 15) is 9.59 Å². The van der Waals surface area contributed by atoms with Crippen molar-refractivity contribution in [2.24, 2.45) is 5.92 Å². The zero-order chi connectivity index (χ0) is 20.7. The fourth-order valence-corrected chi connectivity index (χ4v) is 4.86. The predicted octanol–water partition coefficient (Wildman–Crippen LogP) is 2.45. The van der Waals surface area contributed by atoms with Crippen LogP contribution in [0.1, 0.15) is 30.3 Å². The van der Waals surface area contributed by atoms with E-state index in [1.165, 1.54) is 0 Å². The summed E-state index contributed by atoms with van der Waals surface area (Å²) in [6.45, 7) is 4.67. The van der Waals surface area contributed by atoms with E-state index in [0.717, 1.165) is 35.7 Å². The Morgan fingerprint density at radius 1 is 1.13 bits per heavy atom. The number of amides is 1. The Morgan fingerprint density at radius 3 is 2.80 bits per heavy atom. The maximum absolute atomic E-state index is 12.9. The average molecular weight is 403 g/mol. The number of piperidine rings is 1. The third kappa shape index (κ3) is 3.44. The summed E-state index contributed by atoms with van der Waals surface area (Å²) in [5, 5.41) is 0. The zero-order valence-electron chi connectivity index (χ0n) is 17.1. The van der Waals surface area contributed by atoms with Gasteiger partial charge in [-0.2, -0.15) is 0 Å². The number of fused-ring (bicyclic) bond motifs is 4. The Hall–Kier alpha value is -3.22. The number of hydrogen-bond donors (Lipinski definition) is 0. The van der Waals surface area contributed by atoms with Crippen molar-refractivity contribution in [2.75, 3.05) is 13.1 Å². The summed E-state index contributed by atoms with van der Waals surface area (Å²) in [5.74, 6) is 1.62. The van der Waals surface area contributed by atoms with Gasteiger partial charge in [0.1, 0.15) is 5.82 Å². The van der Waals surface area contributed by atoms with Crippen molar-refractivity contribution in [3.05, 3.63) is 70.8 Å². The number of nitrogens with zero attached hydrogens (tertiary/aromatic N) is 5. The van der Waals surface area contributed by atoms with Gasteiger partial charge in [0, 0.05) is 74.4 Å². The smallest absolute Gasteiger partial charge is 0.251 e. The normalized spacial score (nSPS) is 20.1. The molecule has 2 aliphatic rings.